The molecule has 3 aromatic rings. The molecular weight excluding hydrogens is 276 g/mol. The molecule has 0 bridgehead atoms. The predicted octanol–water partition coefficient (Wildman–Crippen LogP) is 6.14. The van der Waals surface area contributed by atoms with Crippen molar-refractivity contribution in [2.45, 2.75) is 32.1 Å². The maximum atomic E-state index is 2.42. The van der Waals surface area contributed by atoms with Crippen LogP contribution in [0.2, 0.25) is 0 Å². The number of hydrogen-bond donors (Lipinski definition) is 0. The van der Waals surface area contributed by atoms with E-state index in [0.29, 0.717) is 5.92 Å². The third-order valence-electron chi connectivity index (χ3n) is 5.36. The molecule has 0 fully saturated rings. The van der Waals surface area contributed by atoms with Gasteiger partial charge in [-0.15, -0.1) is 0 Å². The van der Waals surface area contributed by atoms with Crippen LogP contribution >= 0.6 is 0 Å². The molecular formula is C23H22. The normalized spacial score (nSPS) is 18.8. The summed E-state index contributed by atoms with van der Waals surface area (Å²) >= 11 is 0. The molecule has 0 heterocycles. The van der Waals surface area contributed by atoms with E-state index in [1.807, 2.05) is 0 Å². The summed E-state index contributed by atoms with van der Waals surface area (Å²) in [6, 6.07) is 26.8. The van der Waals surface area contributed by atoms with Gasteiger partial charge in [-0.3, -0.25) is 0 Å². The van der Waals surface area contributed by atoms with Gasteiger partial charge < -0.3 is 0 Å². The van der Waals surface area contributed by atoms with E-state index in [9.17, 15) is 0 Å². The Kier molecular flexibility index (Phi) is 3.16. The van der Waals surface area contributed by atoms with Crippen molar-refractivity contribution >= 4 is 0 Å². The molecule has 0 amide bonds. The molecule has 0 aromatic heterocycles. The minimum absolute atomic E-state index is 0.0713. The molecule has 1 aliphatic carbocycles. The first-order valence-corrected chi connectivity index (χ1v) is 8.42. The van der Waals surface area contributed by atoms with Crippen LogP contribution < -0.4 is 0 Å². The molecule has 0 saturated heterocycles. The summed E-state index contributed by atoms with van der Waals surface area (Å²) in [5, 5.41) is 0. The van der Waals surface area contributed by atoms with Gasteiger partial charge in [-0.05, 0) is 46.2 Å². The molecule has 3 aromatic carbocycles. The summed E-state index contributed by atoms with van der Waals surface area (Å²) in [5.41, 5.74) is 8.34. The van der Waals surface area contributed by atoms with Gasteiger partial charge in [-0.25, -0.2) is 0 Å². The van der Waals surface area contributed by atoms with Crippen molar-refractivity contribution in [3.8, 4) is 11.1 Å². The van der Waals surface area contributed by atoms with Crippen molar-refractivity contribution < 1.29 is 0 Å². The van der Waals surface area contributed by atoms with E-state index < -0.39 is 0 Å². The fraction of sp³-hybridized carbons (Fsp3) is 0.217. The molecule has 0 spiro atoms. The van der Waals surface area contributed by atoms with Crippen LogP contribution in [0.4, 0.5) is 0 Å². The predicted molar refractivity (Wildman–Crippen MR) is 98.0 cm³/mol. The lowest BCUT2D eigenvalue weighted by Crippen LogP contribution is -2.22. The molecule has 0 saturated carbocycles. The standard InChI is InChI=1S/C23H22/c1-16(2)17-13-14-20-19-11-7-8-12-21(19)23(3,22(20)15-17)18-9-5-4-6-10-18/h4-16H,1-3H3. The van der Waals surface area contributed by atoms with E-state index in [2.05, 4.69) is 93.6 Å². The van der Waals surface area contributed by atoms with Gasteiger partial charge in [0.15, 0.2) is 0 Å². The summed E-state index contributed by atoms with van der Waals surface area (Å²) in [4.78, 5) is 0. The zero-order valence-electron chi connectivity index (χ0n) is 14.0. The van der Waals surface area contributed by atoms with Crippen LogP contribution in [0.3, 0.4) is 0 Å². The minimum atomic E-state index is -0.0713. The molecule has 114 valence electrons. The highest BCUT2D eigenvalue weighted by Gasteiger charge is 2.40. The molecule has 23 heavy (non-hydrogen) atoms. The van der Waals surface area contributed by atoms with Gasteiger partial charge in [-0.1, -0.05) is 86.6 Å². The molecule has 1 atom stereocenters. The summed E-state index contributed by atoms with van der Waals surface area (Å²) in [6.07, 6.45) is 0. The largest absolute Gasteiger partial charge is 0.0622 e. The van der Waals surface area contributed by atoms with E-state index in [-0.39, 0.29) is 5.41 Å². The van der Waals surface area contributed by atoms with E-state index in [1.165, 1.54) is 33.4 Å². The van der Waals surface area contributed by atoms with Crippen molar-refractivity contribution in [1.82, 2.24) is 0 Å². The Hall–Kier alpha value is -2.34. The number of rotatable bonds is 2. The van der Waals surface area contributed by atoms with Crippen molar-refractivity contribution in [2.75, 3.05) is 0 Å². The average molecular weight is 298 g/mol. The van der Waals surface area contributed by atoms with Crippen molar-refractivity contribution in [2.24, 2.45) is 0 Å². The summed E-state index contributed by atoms with van der Waals surface area (Å²) < 4.78 is 0. The quantitative estimate of drug-likeness (QED) is 0.532. The molecule has 4 rings (SSSR count). The summed E-state index contributed by atoms with van der Waals surface area (Å²) in [7, 11) is 0. The molecule has 0 heteroatoms. The van der Waals surface area contributed by atoms with Crippen LogP contribution in [-0.2, 0) is 5.41 Å². The SMILES string of the molecule is CC(C)c1ccc2c(c1)C(C)(c1ccccc1)c1ccccc1-2. The molecule has 1 unspecified atom stereocenters. The number of benzene rings is 3. The van der Waals surface area contributed by atoms with E-state index in [4.69, 9.17) is 0 Å². The fourth-order valence-corrected chi connectivity index (χ4v) is 3.95. The molecule has 0 nitrogen and oxygen atoms in total. The van der Waals surface area contributed by atoms with Gasteiger partial charge in [-0.2, -0.15) is 0 Å². The monoisotopic (exact) mass is 298 g/mol. The first kappa shape index (κ1) is 14.3. The van der Waals surface area contributed by atoms with Crippen molar-refractivity contribution in [3.05, 3.63) is 95.1 Å². The van der Waals surface area contributed by atoms with Crippen LogP contribution in [0.1, 0.15) is 48.9 Å². The Morgan fingerprint density at radius 3 is 2.09 bits per heavy atom. The second kappa shape index (κ2) is 5.09. The lowest BCUT2D eigenvalue weighted by atomic mass is 9.74. The first-order chi connectivity index (χ1) is 11.1. The van der Waals surface area contributed by atoms with Crippen molar-refractivity contribution in [1.29, 1.82) is 0 Å². The van der Waals surface area contributed by atoms with Crippen LogP contribution in [0.25, 0.3) is 11.1 Å². The molecule has 0 aliphatic heterocycles. The van der Waals surface area contributed by atoms with Crippen LogP contribution in [0.15, 0.2) is 72.8 Å². The number of hydrogen-bond acceptors (Lipinski definition) is 0. The van der Waals surface area contributed by atoms with Gasteiger partial charge >= 0.3 is 0 Å². The Balaban J connectivity index is 2.05. The smallest absolute Gasteiger partial charge is 0.0435 e. The van der Waals surface area contributed by atoms with E-state index >= 15 is 0 Å². The Morgan fingerprint density at radius 2 is 1.35 bits per heavy atom. The zero-order chi connectivity index (χ0) is 16.0. The Morgan fingerprint density at radius 1 is 0.696 bits per heavy atom. The third kappa shape index (κ3) is 1.98. The van der Waals surface area contributed by atoms with Crippen molar-refractivity contribution in [3.63, 3.8) is 0 Å². The second-order valence-corrected chi connectivity index (χ2v) is 7.00. The highest BCUT2D eigenvalue weighted by Crippen LogP contribution is 2.52. The number of fused-ring (bicyclic) bond motifs is 3. The van der Waals surface area contributed by atoms with Gasteiger partial charge in [0.2, 0.25) is 0 Å². The maximum Gasteiger partial charge on any atom is 0.0435 e. The van der Waals surface area contributed by atoms with Crippen LogP contribution in [0.5, 0.6) is 0 Å². The highest BCUT2D eigenvalue weighted by atomic mass is 14.4. The van der Waals surface area contributed by atoms with Crippen LogP contribution in [-0.4, -0.2) is 0 Å². The lowest BCUT2D eigenvalue weighted by molar-refractivity contribution is 0.710. The van der Waals surface area contributed by atoms with E-state index in [1.54, 1.807) is 0 Å². The minimum Gasteiger partial charge on any atom is -0.0622 e. The third-order valence-corrected chi connectivity index (χ3v) is 5.36. The maximum absolute atomic E-state index is 2.42. The van der Waals surface area contributed by atoms with Gasteiger partial charge in [0.1, 0.15) is 0 Å². The topological polar surface area (TPSA) is 0 Å². The average Bonchev–Trinajstić information content (AvgIpc) is 2.86. The Labute approximate surface area is 138 Å². The van der Waals surface area contributed by atoms with Gasteiger partial charge in [0, 0.05) is 5.41 Å². The summed E-state index contributed by atoms with van der Waals surface area (Å²) in [5.74, 6) is 0.545. The first-order valence-electron chi connectivity index (χ1n) is 8.42. The highest BCUT2D eigenvalue weighted by molar-refractivity contribution is 5.83. The molecule has 0 radical (unpaired) electrons. The zero-order valence-corrected chi connectivity index (χ0v) is 14.0. The van der Waals surface area contributed by atoms with Crippen LogP contribution in [0, 0.1) is 0 Å². The lowest BCUT2D eigenvalue weighted by Gasteiger charge is -2.28. The van der Waals surface area contributed by atoms with E-state index in [0.717, 1.165) is 0 Å². The molecule has 0 N–H and O–H groups in total. The second-order valence-electron chi connectivity index (χ2n) is 7.00. The Bertz CT molecular complexity index is 858. The summed E-state index contributed by atoms with van der Waals surface area (Å²) in [6.45, 7) is 6.91. The van der Waals surface area contributed by atoms with Gasteiger partial charge in [0.05, 0.1) is 0 Å². The molecule has 1 aliphatic rings. The fourth-order valence-electron chi connectivity index (χ4n) is 3.95. The van der Waals surface area contributed by atoms with Gasteiger partial charge in [0.25, 0.3) is 0 Å².